The third kappa shape index (κ3) is 1.93. The van der Waals surface area contributed by atoms with E-state index in [-0.39, 0.29) is 0 Å². The van der Waals surface area contributed by atoms with Crippen LogP contribution in [0.15, 0.2) is 18.2 Å². The maximum absolute atomic E-state index is 2.42. The molecule has 0 saturated carbocycles. The quantitative estimate of drug-likeness (QED) is 0.571. The summed E-state index contributed by atoms with van der Waals surface area (Å²) in [6.07, 6.45) is 7.98. The fourth-order valence-corrected chi connectivity index (χ4v) is 2.18. The lowest BCUT2D eigenvalue weighted by molar-refractivity contribution is 0.711. The average Bonchev–Trinajstić information content (AvgIpc) is 2.41. The molecule has 0 nitrogen and oxygen atoms in total. The van der Waals surface area contributed by atoms with Crippen LogP contribution in [0.4, 0.5) is 0 Å². The van der Waals surface area contributed by atoms with Crippen LogP contribution in [0, 0.1) is 0 Å². The van der Waals surface area contributed by atoms with Crippen LogP contribution in [0.3, 0.4) is 0 Å². The van der Waals surface area contributed by atoms with E-state index < -0.39 is 0 Å². The fourth-order valence-electron chi connectivity index (χ4n) is 2.18. The molecule has 0 radical (unpaired) electrons. The Hall–Kier alpha value is -0.780. The van der Waals surface area contributed by atoms with Crippen LogP contribution in [-0.2, 0) is 19.3 Å². The van der Waals surface area contributed by atoms with Gasteiger partial charge in [-0.05, 0) is 48.8 Å². The Balaban J connectivity index is 2.32. The number of fused-ring (bicyclic) bond motifs is 1. The van der Waals surface area contributed by atoms with Crippen LogP contribution in [0.2, 0.25) is 0 Å². The molecule has 1 aromatic rings. The lowest BCUT2D eigenvalue weighted by atomic mass is 9.99. The van der Waals surface area contributed by atoms with E-state index in [0.717, 1.165) is 0 Å². The van der Waals surface area contributed by atoms with Crippen molar-refractivity contribution in [1.29, 1.82) is 0 Å². The molecule has 0 heteroatoms. The minimum atomic E-state index is 1.17. The van der Waals surface area contributed by atoms with Gasteiger partial charge < -0.3 is 0 Å². The van der Waals surface area contributed by atoms with Gasteiger partial charge in [-0.25, -0.2) is 0 Å². The van der Waals surface area contributed by atoms with Crippen molar-refractivity contribution in [2.24, 2.45) is 0 Å². The Morgan fingerprint density at radius 2 is 1.77 bits per heavy atom. The second-order valence-corrected chi connectivity index (χ2v) is 4.02. The van der Waals surface area contributed by atoms with Gasteiger partial charge in [-0.2, -0.15) is 0 Å². The third-order valence-electron chi connectivity index (χ3n) is 3.07. The van der Waals surface area contributed by atoms with Crippen molar-refractivity contribution in [3.63, 3.8) is 0 Å². The van der Waals surface area contributed by atoms with E-state index in [0.29, 0.717) is 0 Å². The van der Waals surface area contributed by atoms with Gasteiger partial charge in [0.2, 0.25) is 0 Å². The summed E-state index contributed by atoms with van der Waals surface area (Å²) in [5.41, 5.74) is 4.73. The molecule has 2 rings (SSSR count). The molecular weight excluding hydrogens is 156 g/mol. The largest absolute Gasteiger partial charge is 0.0613 e. The summed E-state index contributed by atoms with van der Waals surface area (Å²) in [5, 5.41) is 0. The van der Waals surface area contributed by atoms with Crippen molar-refractivity contribution >= 4 is 0 Å². The molecule has 0 N–H and O–H groups in total. The smallest absolute Gasteiger partial charge is 0.0276 e. The van der Waals surface area contributed by atoms with Gasteiger partial charge in [0.1, 0.15) is 0 Å². The average molecular weight is 174 g/mol. The zero-order chi connectivity index (χ0) is 9.10. The highest BCUT2D eigenvalue weighted by atomic mass is 14.1. The zero-order valence-corrected chi connectivity index (χ0v) is 8.47. The highest BCUT2D eigenvalue weighted by Gasteiger charge is 2.07. The summed E-state index contributed by atoms with van der Waals surface area (Å²) in [5.74, 6) is 0. The normalized spacial score (nSPS) is 16.4. The van der Waals surface area contributed by atoms with Crippen molar-refractivity contribution < 1.29 is 0 Å². The van der Waals surface area contributed by atoms with Gasteiger partial charge in [-0.1, -0.05) is 31.5 Å². The SMILES string of the molecule is CCc1ccc2c(c1)CCCCC2. The first-order valence-corrected chi connectivity index (χ1v) is 5.51. The Labute approximate surface area is 81.0 Å². The Kier molecular flexibility index (Phi) is 2.68. The summed E-state index contributed by atoms with van der Waals surface area (Å²) in [7, 11) is 0. The molecular formula is C13H18. The molecule has 0 spiro atoms. The van der Waals surface area contributed by atoms with Crippen LogP contribution in [-0.4, -0.2) is 0 Å². The third-order valence-corrected chi connectivity index (χ3v) is 3.07. The van der Waals surface area contributed by atoms with Gasteiger partial charge in [0.25, 0.3) is 0 Å². The number of hydrogen-bond acceptors (Lipinski definition) is 0. The van der Waals surface area contributed by atoms with E-state index in [2.05, 4.69) is 25.1 Å². The summed E-state index contributed by atoms with van der Waals surface area (Å²) in [4.78, 5) is 0. The van der Waals surface area contributed by atoms with Crippen molar-refractivity contribution in [3.05, 3.63) is 34.9 Å². The number of hydrogen-bond donors (Lipinski definition) is 0. The van der Waals surface area contributed by atoms with Gasteiger partial charge in [0.15, 0.2) is 0 Å². The summed E-state index contributed by atoms with van der Waals surface area (Å²) >= 11 is 0. The minimum absolute atomic E-state index is 1.17. The van der Waals surface area contributed by atoms with Crippen molar-refractivity contribution in [3.8, 4) is 0 Å². The molecule has 0 atom stereocenters. The van der Waals surface area contributed by atoms with E-state index >= 15 is 0 Å². The lowest BCUT2D eigenvalue weighted by Crippen LogP contribution is -1.92. The summed E-state index contributed by atoms with van der Waals surface area (Å²) in [6.45, 7) is 2.23. The van der Waals surface area contributed by atoms with Gasteiger partial charge in [-0.15, -0.1) is 0 Å². The number of benzene rings is 1. The molecule has 0 fully saturated rings. The highest BCUT2D eigenvalue weighted by molar-refractivity contribution is 5.33. The predicted octanol–water partition coefficient (Wildman–Crippen LogP) is 3.52. The van der Waals surface area contributed by atoms with Crippen molar-refractivity contribution in [2.45, 2.75) is 45.4 Å². The van der Waals surface area contributed by atoms with E-state index in [1.54, 1.807) is 11.1 Å². The molecule has 0 unspecified atom stereocenters. The molecule has 0 saturated heterocycles. The van der Waals surface area contributed by atoms with Crippen LogP contribution >= 0.6 is 0 Å². The maximum Gasteiger partial charge on any atom is -0.0276 e. The van der Waals surface area contributed by atoms with Crippen LogP contribution in [0.25, 0.3) is 0 Å². The maximum atomic E-state index is 2.42. The Bertz CT molecular complexity index is 286. The summed E-state index contributed by atoms with van der Waals surface area (Å²) < 4.78 is 0. The van der Waals surface area contributed by atoms with Crippen molar-refractivity contribution in [2.75, 3.05) is 0 Å². The molecule has 0 aromatic heterocycles. The molecule has 0 aliphatic heterocycles. The molecule has 1 aliphatic carbocycles. The standard InChI is InChI=1S/C13H18/c1-2-11-8-9-12-6-4-3-5-7-13(12)10-11/h8-10H,2-7H2,1H3. The van der Waals surface area contributed by atoms with Crippen LogP contribution in [0.5, 0.6) is 0 Å². The summed E-state index contributed by atoms with van der Waals surface area (Å²) in [6, 6.07) is 7.06. The topological polar surface area (TPSA) is 0 Å². The first kappa shape index (κ1) is 8.80. The molecule has 0 heterocycles. The fraction of sp³-hybridized carbons (Fsp3) is 0.538. The first-order chi connectivity index (χ1) is 6.40. The first-order valence-electron chi connectivity index (χ1n) is 5.51. The molecule has 0 amide bonds. The monoisotopic (exact) mass is 174 g/mol. The minimum Gasteiger partial charge on any atom is -0.0613 e. The lowest BCUT2D eigenvalue weighted by Gasteiger charge is -2.06. The van der Waals surface area contributed by atoms with Gasteiger partial charge >= 0.3 is 0 Å². The van der Waals surface area contributed by atoms with E-state index in [4.69, 9.17) is 0 Å². The second kappa shape index (κ2) is 3.95. The zero-order valence-electron chi connectivity index (χ0n) is 8.47. The van der Waals surface area contributed by atoms with Crippen LogP contribution in [0.1, 0.15) is 42.9 Å². The van der Waals surface area contributed by atoms with E-state index in [1.807, 2.05) is 0 Å². The molecule has 70 valence electrons. The Morgan fingerprint density at radius 3 is 2.54 bits per heavy atom. The van der Waals surface area contributed by atoms with Crippen molar-refractivity contribution in [1.82, 2.24) is 0 Å². The van der Waals surface area contributed by atoms with Gasteiger partial charge in [0, 0.05) is 0 Å². The molecule has 13 heavy (non-hydrogen) atoms. The molecule has 1 aliphatic rings. The second-order valence-electron chi connectivity index (χ2n) is 4.02. The van der Waals surface area contributed by atoms with E-state index in [1.165, 1.54) is 44.1 Å². The van der Waals surface area contributed by atoms with Gasteiger partial charge in [0.05, 0.1) is 0 Å². The highest BCUT2D eigenvalue weighted by Crippen LogP contribution is 2.21. The van der Waals surface area contributed by atoms with E-state index in [9.17, 15) is 0 Å². The molecule has 0 bridgehead atoms. The molecule has 1 aromatic carbocycles. The number of aryl methyl sites for hydroxylation is 3. The Morgan fingerprint density at radius 1 is 1.00 bits per heavy atom. The van der Waals surface area contributed by atoms with Crippen LogP contribution < -0.4 is 0 Å². The number of rotatable bonds is 1. The predicted molar refractivity (Wildman–Crippen MR) is 57.1 cm³/mol. The van der Waals surface area contributed by atoms with Gasteiger partial charge in [-0.3, -0.25) is 0 Å².